The van der Waals surface area contributed by atoms with E-state index in [0.29, 0.717) is 18.0 Å². The predicted octanol–water partition coefficient (Wildman–Crippen LogP) is 1.94. The number of anilines is 1. The molecule has 0 saturated heterocycles. The molecule has 0 atom stereocenters. The van der Waals surface area contributed by atoms with Crippen LogP contribution in [0.5, 0.6) is 0 Å². The van der Waals surface area contributed by atoms with Gasteiger partial charge in [0.25, 0.3) is 0 Å². The van der Waals surface area contributed by atoms with Crippen LogP contribution in [0.1, 0.15) is 17.4 Å². The number of aryl methyl sites for hydroxylation is 1. The maximum atomic E-state index is 11.6. The second-order valence-electron chi connectivity index (χ2n) is 3.63. The number of aromatic nitrogens is 1. The second kappa shape index (κ2) is 3.89. The second-order valence-corrected chi connectivity index (χ2v) is 3.63. The van der Waals surface area contributed by atoms with Crippen LogP contribution >= 0.6 is 0 Å². The monoisotopic (exact) mass is 218 g/mol. The third kappa shape index (κ3) is 1.62. The van der Waals surface area contributed by atoms with E-state index in [-0.39, 0.29) is 5.97 Å². The number of nitrogens with two attached hydrogens (primary N) is 1. The van der Waals surface area contributed by atoms with Gasteiger partial charge in [0.2, 0.25) is 0 Å². The zero-order chi connectivity index (χ0) is 11.7. The van der Waals surface area contributed by atoms with Crippen molar-refractivity contribution in [3.63, 3.8) is 0 Å². The average Bonchev–Trinajstić information content (AvgIpc) is 2.57. The van der Waals surface area contributed by atoms with Crippen LogP contribution in [-0.2, 0) is 11.8 Å². The normalized spacial score (nSPS) is 10.6. The lowest BCUT2D eigenvalue weighted by atomic mass is 10.2. The van der Waals surface area contributed by atoms with Crippen LogP contribution in [0, 0.1) is 0 Å². The number of fused-ring (bicyclic) bond motifs is 1. The molecule has 0 saturated carbocycles. The van der Waals surface area contributed by atoms with Crippen molar-refractivity contribution in [2.45, 2.75) is 6.92 Å². The van der Waals surface area contributed by atoms with E-state index in [0.717, 1.165) is 10.9 Å². The Morgan fingerprint density at radius 3 is 2.88 bits per heavy atom. The van der Waals surface area contributed by atoms with Crippen molar-refractivity contribution in [3.8, 4) is 0 Å². The molecule has 0 fully saturated rings. The first-order chi connectivity index (χ1) is 7.63. The smallest absolute Gasteiger partial charge is 0.354 e. The number of esters is 1. The van der Waals surface area contributed by atoms with Crippen LogP contribution in [0.2, 0.25) is 0 Å². The summed E-state index contributed by atoms with van der Waals surface area (Å²) in [7, 11) is 1.83. The van der Waals surface area contributed by atoms with Crippen molar-refractivity contribution in [2.24, 2.45) is 7.05 Å². The van der Waals surface area contributed by atoms with Crippen molar-refractivity contribution in [2.75, 3.05) is 12.3 Å². The van der Waals surface area contributed by atoms with Crippen LogP contribution in [0.15, 0.2) is 24.3 Å². The maximum Gasteiger partial charge on any atom is 0.354 e. The summed E-state index contributed by atoms with van der Waals surface area (Å²) >= 11 is 0. The quantitative estimate of drug-likeness (QED) is 0.619. The lowest BCUT2D eigenvalue weighted by Gasteiger charge is -2.03. The Hall–Kier alpha value is -1.97. The van der Waals surface area contributed by atoms with E-state index in [9.17, 15) is 4.79 Å². The van der Waals surface area contributed by atoms with Crippen LogP contribution in [0.25, 0.3) is 10.9 Å². The molecule has 1 aromatic heterocycles. The first kappa shape index (κ1) is 10.5. The van der Waals surface area contributed by atoms with E-state index in [1.165, 1.54) is 0 Å². The van der Waals surface area contributed by atoms with Gasteiger partial charge < -0.3 is 15.0 Å². The molecule has 0 radical (unpaired) electrons. The third-order valence-corrected chi connectivity index (χ3v) is 2.55. The van der Waals surface area contributed by atoms with E-state index >= 15 is 0 Å². The van der Waals surface area contributed by atoms with E-state index in [4.69, 9.17) is 10.5 Å². The van der Waals surface area contributed by atoms with Gasteiger partial charge in [-0.25, -0.2) is 4.79 Å². The summed E-state index contributed by atoms with van der Waals surface area (Å²) in [6.45, 7) is 2.17. The zero-order valence-electron chi connectivity index (χ0n) is 9.36. The van der Waals surface area contributed by atoms with Gasteiger partial charge in [0.05, 0.1) is 12.1 Å². The van der Waals surface area contributed by atoms with Gasteiger partial charge in [0.15, 0.2) is 0 Å². The third-order valence-electron chi connectivity index (χ3n) is 2.55. The number of carbonyl (C=O) groups is 1. The predicted molar refractivity (Wildman–Crippen MR) is 63.3 cm³/mol. The summed E-state index contributed by atoms with van der Waals surface area (Å²) in [5.74, 6) is -0.306. The topological polar surface area (TPSA) is 57.2 Å². The molecule has 0 aliphatic heterocycles. The molecule has 4 heteroatoms. The zero-order valence-corrected chi connectivity index (χ0v) is 9.36. The van der Waals surface area contributed by atoms with Crippen LogP contribution in [0.3, 0.4) is 0 Å². The van der Waals surface area contributed by atoms with Gasteiger partial charge in [0.1, 0.15) is 5.69 Å². The van der Waals surface area contributed by atoms with E-state index in [1.54, 1.807) is 11.5 Å². The molecule has 2 rings (SSSR count). The summed E-state index contributed by atoms with van der Waals surface area (Å²) in [6.07, 6.45) is 0. The standard InChI is InChI=1S/C12H14N2O2/c1-3-16-12(15)11-6-8-4-5-9(13)7-10(8)14(11)2/h4-7H,3,13H2,1-2H3. The fourth-order valence-corrected chi connectivity index (χ4v) is 1.75. The van der Waals surface area contributed by atoms with Gasteiger partial charge in [0, 0.05) is 18.1 Å². The van der Waals surface area contributed by atoms with Crippen LogP contribution in [-0.4, -0.2) is 17.1 Å². The SMILES string of the molecule is CCOC(=O)c1cc2ccc(N)cc2n1C. The molecule has 0 amide bonds. The molecule has 4 nitrogen and oxygen atoms in total. The fraction of sp³-hybridized carbons (Fsp3) is 0.250. The Labute approximate surface area is 93.6 Å². The molecule has 16 heavy (non-hydrogen) atoms. The summed E-state index contributed by atoms with van der Waals surface area (Å²) in [4.78, 5) is 11.6. The summed E-state index contributed by atoms with van der Waals surface area (Å²) in [5, 5.41) is 0.986. The largest absolute Gasteiger partial charge is 0.461 e. The average molecular weight is 218 g/mol. The van der Waals surface area contributed by atoms with Crippen molar-refractivity contribution in [3.05, 3.63) is 30.0 Å². The molecular weight excluding hydrogens is 204 g/mol. The van der Waals surface area contributed by atoms with Gasteiger partial charge in [-0.15, -0.1) is 0 Å². The highest BCUT2D eigenvalue weighted by Crippen LogP contribution is 2.21. The Balaban J connectivity index is 2.56. The molecule has 0 aliphatic rings. The lowest BCUT2D eigenvalue weighted by Crippen LogP contribution is -2.09. The molecule has 1 heterocycles. The highest BCUT2D eigenvalue weighted by molar-refractivity contribution is 5.96. The molecule has 1 aromatic carbocycles. The van der Waals surface area contributed by atoms with Gasteiger partial charge in [-0.2, -0.15) is 0 Å². The first-order valence-corrected chi connectivity index (χ1v) is 5.15. The van der Waals surface area contributed by atoms with Gasteiger partial charge >= 0.3 is 5.97 Å². The maximum absolute atomic E-state index is 11.6. The lowest BCUT2D eigenvalue weighted by molar-refractivity contribution is 0.0516. The molecule has 0 spiro atoms. The number of nitrogen functional groups attached to an aromatic ring is 1. The first-order valence-electron chi connectivity index (χ1n) is 5.15. The minimum absolute atomic E-state index is 0.306. The number of carbonyl (C=O) groups excluding carboxylic acids is 1. The Morgan fingerprint density at radius 1 is 1.44 bits per heavy atom. The Kier molecular flexibility index (Phi) is 2.56. The Morgan fingerprint density at radius 2 is 2.19 bits per heavy atom. The summed E-state index contributed by atoms with van der Waals surface area (Å²) in [5.41, 5.74) is 7.87. The number of ether oxygens (including phenoxy) is 1. The number of nitrogens with zero attached hydrogens (tertiary/aromatic N) is 1. The molecule has 0 unspecified atom stereocenters. The van der Waals surface area contributed by atoms with Gasteiger partial charge in [-0.05, 0) is 25.1 Å². The van der Waals surface area contributed by atoms with Gasteiger partial charge in [-0.1, -0.05) is 6.07 Å². The summed E-state index contributed by atoms with van der Waals surface area (Å²) in [6, 6.07) is 7.37. The van der Waals surface area contributed by atoms with E-state index in [1.807, 2.05) is 31.3 Å². The number of hydrogen-bond acceptors (Lipinski definition) is 3. The minimum Gasteiger partial charge on any atom is -0.461 e. The molecule has 2 aromatic rings. The molecule has 2 N–H and O–H groups in total. The van der Waals surface area contributed by atoms with Crippen molar-refractivity contribution >= 4 is 22.6 Å². The van der Waals surface area contributed by atoms with E-state index < -0.39 is 0 Å². The van der Waals surface area contributed by atoms with E-state index in [2.05, 4.69) is 0 Å². The molecular formula is C12H14N2O2. The number of rotatable bonds is 2. The highest BCUT2D eigenvalue weighted by atomic mass is 16.5. The molecule has 84 valence electrons. The van der Waals surface area contributed by atoms with Crippen LogP contribution < -0.4 is 5.73 Å². The number of benzene rings is 1. The minimum atomic E-state index is -0.306. The van der Waals surface area contributed by atoms with Crippen molar-refractivity contribution < 1.29 is 9.53 Å². The number of hydrogen-bond donors (Lipinski definition) is 1. The van der Waals surface area contributed by atoms with Gasteiger partial charge in [-0.3, -0.25) is 0 Å². The highest BCUT2D eigenvalue weighted by Gasteiger charge is 2.13. The summed E-state index contributed by atoms with van der Waals surface area (Å²) < 4.78 is 6.77. The molecule has 0 bridgehead atoms. The van der Waals surface area contributed by atoms with Crippen LogP contribution in [0.4, 0.5) is 5.69 Å². The Bertz CT molecular complexity index is 543. The van der Waals surface area contributed by atoms with Crippen molar-refractivity contribution in [1.82, 2.24) is 4.57 Å². The molecule has 0 aliphatic carbocycles. The van der Waals surface area contributed by atoms with Crippen molar-refractivity contribution in [1.29, 1.82) is 0 Å². The fourth-order valence-electron chi connectivity index (χ4n) is 1.75.